The molecule has 0 heterocycles. The Hall–Kier alpha value is -1.18. The topological polar surface area (TPSA) is 38.0 Å². The van der Waals surface area contributed by atoms with Crippen LogP contribution in [0.1, 0.15) is 39.2 Å². The van der Waals surface area contributed by atoms with Crippen molar-refractivity contribution in [1.82, 2.24) is 0 Å². The van der Waals surface area contributed by atoms with Crippen molar-refractivity contribution in [3.05, 3.63) is 23.8 Å². The second-order valence-electron chi connectivity index (χ2n) is 5.06. The minimum atomic E-state index is 0.478. The third-order valence-corrected chi connectivity index (χ3v) is 2.87. The summed E-state index contributed by atoms with van der Waals surface area (Å²) in [5, 5.41) is 3.51. The fourth-order valence-corrected chi connectivity index (χ4v) is 1.79. The summed E-state index contributed by atoms with van der Waals surface area (Å²) in [6.45, 7) is 8.83. The van der Waals surface area contributed by atoms with Crippen molar-refractivity contribution in [2.75, 3.05) is 11.1 Å². The molecule has 90 valence electrons. The predicted molar refractivity (Wildman–Crippen MR) is 72.7 cm³/mol. The first-order valence-corrected chi connectivity index (χ1v) is 6.12. The van der Waals surface area contributed by atoms with Crippen molar-refractivity contribution in [1.29, 1.82) is 0 Å². The van der Waals surface area contributed by atoms with Gasteiger partial charge in [0.2, 0.25) is 0 Å². The van der Waals surface area contributed by atoms with E-state index in [2.05, 4.69) is 39.1 Å². The van der Waals surface area contributed by atoms with Crippen LogP contribution < -0.4 is 11.1 Å². The molecule has 1 unspecified atom stereocenters. The molecule has 16 heavy (non-hydrogen) atoms. The van der Waals surface area contributed by atoms with Crippen LogP contribution in [0.15, 0.2) is 18.2 Å². The third kappa shape index (κ3) is 3.76. The number of nitrogens with two attached hydrogens (primary N) is 1. The van der Waals surface area contributed by atoms with Gasteiger partial charge in [0.05, 0.1) is 11.4 Å². The van der Waals surface area contributed by atoms with Crippen molar-refractivity contribution in [2.45, 2.75) is 46.6 Å². The highest BCUT2D eigenvalue weighted by Gasteiger charge is 2.07. The summed E-state index contributed by atoms with van der Waals surface area (Å²) >= 11 is 0. The average molecular weight is 220 g/mol. The van der Waals surface area contributed by atoms with E-state index in [0.717, 1.165) is 17.3 Å². The summed E-state index contributed by atoms with van der Waals surface area (Å²) in [6.07, 6.45) is 2.44. The molecular weight excluding hydrogens is 196 g/mol. The lowest BCUT2D eigenvalue weighted by Crippen LogP contribution is -2.17. The Kier molecular flexibility index (Phi) is 4.66. The highest BCUT2D eigenvalue weighted by Crippen LogP contribution is 2.24. The van der Waals surface area contributed by atoms with E-state index in [1.54, 1.807) is 0 Å². The van der Waals surface area contributed by atoms with Gasteiger partial charge in [0.25, 0.3) is 0 Å². The number of hydrogen-bond acceptors (Lipinski definition) is 2. The molecule has 0 spiro atoms. The molecule has 0 aromatic heterocycles. The van der Waals surface area contributed by atoms with Gasteiger partial charge in [-0.05, 0) is 44.2 Å². The summed E-state index contributed by atoms with van der Waals surface area (Å²) in [6, 6.07) is 6.51. The predicted octanol–water partition coefficient (Wildman–Crippen LogP) is 3.81. The van der Waals surface area contributed by atoms with E-state index in [1.165, 1.54) is 18.4 Å². The van der Waals surface area contributed by atoms with Gasteiger partial charge in [0.1, 0.15) is 0 Å². The zero-order chi connectivity index (χ0) is 12.1. The Labute approximate surface area is 99.2 Å². The standard InChI is InChI=1S/C14H24N2/c1-10(2)8-9-12(4)16-14-11(3)6-5-7-13(14)15/h5-7,10,12,16H,8-9,15H2,1-4H3. The molecule has 0 aliphatic rings. The van der Waals surface area contributed by atoms with Crippen LogP contribution in [-0.4, -0.2) is 6.04 Å². The Morgan fingerprint density at radius 3 is 2.44 bits per heavy atom. The van der Waals surface area contributed by atoms with Gasteiger partial charge in [-0.3, -0.25) is 0 Å². The van der Waals surface area contributed by atoms with Crippen LogP contribution in [0.25, 0.3) is 0 Å². The number of nitrogen functional groups attached to an aromatic ring is 1. The van der Waals surface area contributed by atoms with Crippen molar-refractivity contribution in [3.63, 3.8) is 0 Å². The van der Waals surface area contributed by atoms with E-state index in [-0.39, 0.29) is 0 Å². The molecular formula is C14H24N2. The van der Waals surface area contributed by atoms with E-state index in [0.29, 0.717) is 6.04 Å². The minimum Gasteiger partial charge on any atom is -0.397 e. The first-order chi connectivity index (χ1) is 7.50. The summed E-state index contributed by atoms with van der Waals surface area (Å²) in [7, 11) is 0. The van der Waals surface area contributed by atoms with Gasteiger partial charge in [-0.15, -0.1) is 0 Å². The van der Waals surface area contributed by atoms with Crippen molar-refractivity contribution in [3.8, 4) is 0 Å². The lowest BCUT2D eigenvalue weighted by atomic mass is 10.0. The average Bonchev–Trinajstić information content (AvgIpc) is 2.21. The molecule has 1 aromatic carbocycles. The Bertz CT molecular complexity index is 311. The number of anilines is 2. The number of aryl methyl sites for hydroxylation is 1. The molecule has 0 aliphatic heterocycles. The lowest BCUT2D eigenvalue weighted by Gasteiger charge is -2.19. The molecule has 1 aromatic rings. The lowest BCUT2D eigenvalue weighted by molar-refractivity contribution is 0.527. The smallest absolute Gasteiger partial charge is 0.0605 e. The van der Waals surface area contributed by atoms with E-state index in [9.17, 15) is 0 Å². The van der Waals surface area contributed by atoms with Gasteiger partial charge < -0.3 is 11.1 Å². The summed E-state index contributed by atoms with van der Waals surface area (Å²) in [4.78, 5) is 0. The zero-order valence-corrected chi connectivity index (χ0v) is 10.9. The molecule has 2 nitrogen and oxygen atoms in total. The number of para-hydroxylation sites is 1. The van der Waals surface area contributed by atoms with Crippen LogP contribution in [0, 0.1) is 12.8 Å². The zero-order valence-electron chi connectivity index (χ0n) is 10.9. The van der Waals surface area contributed by atoms with Gasteiger partial charge in [0, 0.05) is 6.04 Å². The first-order valence-electron chi connectivity index (χ1n) is 6.12. The molecule has 0 saturated carbocycles. The van der Waals surface area contributed by atoms with Crippen LogP contribution in [0.2, 0.25) is 0 Å². The molecule has 0 radical (unpaired) electrons. The Morgan fingerprint density at radius 1 is 1.19 bits per heavy atom. The summed E-state index contributed by atoms with van der Waals surface area (Å²) in [5.41, 5.74) is 9.12. The highest BCUT2D eigenvalue weighted by molar-refractivity contribution is 5.70. The van der Waals surface area contributed by atoms with Gasteiger partial charge in [-0.2, -0.15) is 0 Å². The summed E-state index contributed by atoms with van der Waals surface area (Å²) < 4.78 is 0. The van der Waals surface area contributed by atoms with Crippen molar-refractivity contribution in [2.24, 2.45) is 5.92 Å². The second kappa shape index (κ2) is 5.78. The number of nitrogens with one attached hydrogen (secondary N) is 1. The third-order valence-electron chi connectivity index (χ3n) is 2.87. The fraction of sp³-hybridized carbons (Fsp3) is 0.571. The molecule has 1 atom stereocenters. The van der Waals surface area contributed by atoms with Gasteiger partial charge in [-0.1, -0.05) is 26.0 Å². The maximum atomic E-state index is 5.96. The number of benzene rings is 1. The SMILES string of the molecule is Cc1cccc(N)c1NC(C)CCC(C)C. The molecule has 1 rings (SSSR count). The van der Waals surface area contributed by atoms with E-state index < -0.39 is 0 Å². The minimum absolute atomic E-state index is 0.478. The second-order valence-corrected chi connectivity index (χ2v) is 5.06. The van der Waals surface area contributed by atoms with E-state index >= 15 is 0 Å². The van der Waals surface area contributed by atoms with Gasteiger partial charge >= 0.3 is 0 Å². The maximum Gasteiger partial charge on any atom is 0.0605 e. The number of rotatable bonds is 5. The van der Waals surface area contributed by atoms with Crippen LogP contribution in [0.4, 0.5) is 11.4 Å². The first kappa shape index (κ1) is 12.9. The molecule has 2 heteroatoms. The van der Waals surface area contributed by atoms with Crippen LogP contribution in [-0.2, 0) is 0 Å². The van der Waals surface area contributed by atoms with Crippen LogP contribution in [0.5, 0.6) is 0 Å². The molecule has 0 amide bonds. The van der Waals surface area contributed by atoms with E-state index in [4.69, 9.17) is 5.73 Å². The maximum absolute atomic E-state index is 5.96. The quantitative estimate of drug-likeness (QED) is 0.740. The van der Waals surface area contributed by atoms with Crippen molar-refractivity contribution < 1.29 is 0 Å². The largest absolute Gasteiger partial charge is 0.397 e. The Balaban J connectivity index is 2.59. The molecule has 0 aliphatic carbocycles. The van der Waals surface area contributed by atoms with Gasteiger partial charge in [-0.25, -0.2) is 0 Å². The normalized spacial score (nSPS) is 12.8. The molecule has 3 N–H and O–H groups in total. The van der Waals surface area contributed by atoms with E-state index in [1.807, 2.05) is 12.1 Å². The number of hydrogen-bond donors (Lipinski definition) is 2. The Morgan fingerprint density at radius 2 is 1.88 bits per heavy atom. The van der Waals surface area contributed by atoms with Gasteiger partial charge in [0.15, 0.2) is 0 Å². The molecule has 0 fully saturated rings. The van der Waals surface area contributed by atoms with Crippen molar-refractivity contribution >= 4 is 11.4 Å². The fourth-order valence-electron chi connectivity index (χ4n) is 1.79. The van der Waals surface area contributed by atoms with Crippen LogP contribution >= 0.6 is 0 Å². The summed E-state index contributed by atoms with van der Waals surface area (Å²) in [5.74, 6) is 0.762. The molecule has 0 saturated heterocycles. The van der Waals surface area contributed by atoms with Crippen LogP contribution in [0.3, 0.4) is 0 Å². The highest BCUT2D eigenvalue weighted by atomic mass is 14.9. The molecule has 0 bridgehead atoms. The monoisotopic (exact) mass is 220 g/mol.